The number of ether oxygens (including phenoxy) is 1. The number of amides is 2. The number of oxazole rings is 1. The predicted molar refractivity (Wildman–Crippen MR) is 102 cm³/mol. The minimum atomic E-state index is -0.980. The normalized spacial score (nSPS) is 18.6. The van der Waals surface area contributed by atoms with Crippen LogP contribution >= 0.6 is 0 Å². The summed E-state index contributed by atoms with van der Waals surface area (Å²) >= 11 is 0. The molecule has 2 saturated heterocycles. The van der Waals surface area contributed by atoms with Crippen molar-refractivity contribution in [2.24, 2.45) is 0 Å². The number of aromatic nitrogens is 1. The van der Waals surface area contributed by atoms with Crippen molar-refractivity contribution in [1.29, 1.82) is 0 Å². The Morgan fingerprint density at radius 3 is 2.63 bits per heavy atom. The van der Waals surface area contributed by atoms with Crippen molar-refractivity contribution in [3.8, 4) is 0 Å². The average molecular weight is 419 g/mol. The fourth-order valence-electron chi connectivity index (χ4n) is 4.09. The molecule has 0 N–H and O–H groups in total. The van der Waals surface area contributed by atoms with Gasteiger partial charge < -0.3 is 19.0 Å². The van der Waals surface area contributed by atoms with Crippen LogP contribution in [0.25, 0.3) is 0 Å². The van der Waals surface area contributed by atoms with Crippen molar-refractivity contribution in [2.75, 3.05) is 32.8 Å². The molecule has 0 bridgehead atoms. The summed E-state index contributed by atoms with van der Waals surface area (Å²) in [5, 5.41) is 0. The van der Waals surface area contributed by atoms with E-state index in [1.165, 1.54) is 18.5 Å². The smallest absolute Gasteiger partial charge is 0.291 e. The molecule has 2 aromatic rings. The van der Waals surface area contributed by atoms with Gasteiger partial charge in [-0.1, -0.05) is 12.1 Å². The first kappa shape index (κ1) is 20.5. The van der Waals surface area contributed by atoms with Gasteiger partial charge in [0.05, 0.1) is 30.9 Å². The third-order valence-electron chi connectivity index (χ3n) is 5.88. The van der Waals surface area contributed by atoms with Crippen molar-refractivity contribution in [2.45, 2.75) is 31.8 Å². The second-order valence-electron chi connectivity index (χ2n) is 7.80. The topological polar surface area (TPSA) is 75.9 Å². The zero-order valence-corrected chi connectivity index (χ0v) is 16.7. The summed E-state index contributed by atoms with van der Waals surface area (Å²) in [5.41, 5.74) is 0.0712. The maximum Gasteiger partial charge on any atom is 0.291 e. The third-order valence-corrected chi connectivity index (χ3v) is 5.88. The fourth-order valence-corrected chi connectivity index (χ4v) is 4.09. The number of carbonyl (C=O) groups excluding carboxylic acids is 2. The number of likely N-dealkylation sites (tertiary alicyclic amines) is 1. The zero-order chi connectivity index (χ0) is 21.3. The lowest BCUT2D eigenvalue weighted by Gasteiger charge is -2.47. The number of benzene rings is 1. The number of morpholine rings is 1. The third kappa shape index (κ3) is 3.94. The lowest BCUT2D eigenvalue weighted by Crippen LogP contribution is -2.58. The van der Waals surface area contributed by atoms with Crippen LogP contribution in [0.2, 0.25) is 0 Å². The zero-order valence-electron chi connectivity index (χ0n) is 16.7. The van der Waals surface area contributed by atoms with Gasteiger partial charge in [-0.2, -0.15) is 0 Å². The van der Waals surface area contributed by atoms with E-state index in [1.807, 2.05) is 0 Å². The number of piperidine rings is 1. The lowest BCUT2D eigenvalue weighted by molar-refractivity contribution is -0.146. The predicted octanol–water partition coefficient (Wildman–Crippen LogP) is 2.34. The van der Waals surface area contributed by atoms with Crippen LogP contribution in [0.1, 0.15) is 34.7 Å². The number of hydrogen-bond donors (Lipinski definition) is 0. The number of carbonyl (C=O) groups is 2. The van der Waals surface area contributed by atoms with Crippen molar-refractivity contribution < 1.29 is 27.5 Å². The average Bonchev–Trinajstić information content (AvgIpc) is 3.17. The Morgan fingerprint density at radius 2 is 1.93 bits per heavy atom. The van der Waals surface area contributed by atoms with Gasteiger partial charge in [0.25, 0.3) is 5.91 Å². The van der Waals surface area contributed by atoms with Crippen LogP contribution in [0, 0.1) is 18.6 Å². The minimum absolute atomic E-state index is 0.0494. The van der Waals surface area contributed by atoms with Crippen molar-refractivity contribution in [1.82, 2.24) is 14.8 Å². The molecular weight excluding hydrogens is 396 g/mol. The maximum atomic E-state index is 13.9. The maximum absolute atomic E-state index is 13.9. The standard InChI is InChI=1S/C21H23F2N3O4/c1-14-19(29-13-24-14)20(28)26-9-10-30-21(12-26)5-7-25(8-6-21)17(27)11-15-3-2-4-16(22)18(15)23/h2-4,13H,5-12H2,1H3. The molecule has 0 atom stereocenters. The van der Waals surface area contributed by atoms with Gasteiger partial charge in [0.15, 0.2) is 18.0 Å². The van der Waals surface area contributed by atoms with E-state index in [0.29, 0.717) is 51.3 Å². The molecule has 2 aliphatic rings. The summed E-state index contributed by atoms with van der Waals surface area (Å²) < 4.78 is 38.5. The summed E-state index contributed by atoms with van der Waals surface area (Å²) in [4.78, 5) is 32.6. The molecule has 2 aliphatic heterocycles. The number of nitrogens with zero attached hydrogens (tertiary/aromatic N) is 3. The molecule has 1 aromatic heterocycles. The summed E-state index contributed by atoms with van der Waals surface area (Å²) in [5.74, 6) is -2.17. The van der Waals surface area contributed by atoms with Gasteiger partial charge in [0, 0.05) is 25.2 Å². The number of aryl methyl sites for hydroxylation is 1. The van der Waals surface area contributed by atoms with Crippen molar-refractivity contribution >= 4 is 11.8 Å². The highest BCUT2D eigenvalue weighted by Gasteiger charge is 2.42. The van der Waals surface area contributed by atoms with Crippen LogP contribution in [0.3, 0.4) is 0 Å². The van der Waals surface area contributed by atoms with Gasteiger partial charge in [-0.15, -0.1) is 0 Å². The van der Waals surface area contributed by atoms with E-state index in [-0.39, 0.29) is 29.6 Å². The Balaban J connectivity index is 1.37. The Hall–Kier alpha value is -2.81. The Morgan fingerprint density at radius 1 is 1.17 bits per heavy atom. The Bertz CT molecular complexity index is 953. The van der Waals surface area contributed by atoms with E-state index in [0.717, 1.165) is 6.07 Å². The first-order chi connectivity index (χ1) is 14.4. The van der Waals surface area contributed by atoms with Crippen LogP contribution in [0.4, 0.5) is 8.78 Å². The van der Waals surface area contributed by atoms with Crippen LogP contribution in [0.15, 0.2) is 29.0 Å². The van der Waals surface area contributed by atoms with Crippen molar-refractivity contribution in [3.05, 3.63) is 53.2 Å². The largest absolute Gasteiger partial charge is 0.438 e. The number of halogens is 2. The molecule has 0 radical (unpaired) electrons. The highest BCUT2D eigenvalue weighted by molar-refractivity contribution is 5.92. The molecule has 1 spiro atoms. The minimum Gasteiger partial charge on any atom is -0.438 e. The first-order valence-corrected chi connectivity index (χ1v) is 9.92. The van der Waals surface area contributed by atoms with Crippen LogP contribution in [0.5, 0.6) is 0 Å². The summed E-state index contributed by atoms with van der Waals surface area (Å²) in [6.07, 6.45) is 2.18. The molecule has 1 aromatic carbocycles. The summed E-state index contributed by atoms with van der Waals surface area (Å²) in [7, 11) is 0. The van der Waals surface area contributed by atoms with Crippen LogP contribution in [-0.4, -0.2) is 65.0 Å². The van der Waals surface area contributed by atoms with E-state index in [1.54, 1.807) is 16.7 Å². The number of rotatable bonds is 3. The number of hydrogen-bond acceptors (Lipinski definition) is 5. The van der Waals surface area contributed by atoms with Gasteiger partial charge in [-0.25, -0.2) is 13.8 Å². The summed E-state index contributed by atoms with van der Waals surface area (Å²) in [6, 6.07) is 3.84. The molecule has 4 rings (SSSR count). The van der Waals surface area contributed by atoms with E-state index >= 15 is 0 Å². The highest BCUT2D eigenvalue weighted by atomic mass is 19.2. The molecule has 0 unspecified atom stereocenters. The molecule has 0 saturated carbocycles. The van der Waals surface area contributed by atoms with Crippen LogP contribution in [-0.2, 0) is 16.0 Å². The fraction of sp³-hybridized carbons (Fsp3) is 0.476. The van der Waals surface area contributed by atoms with E-state index in [2.05, 4.69) is 4.98 Å². The van der Waals surface area contributed by atoms with E-state index in [4.69, 9.17) is 9.15 Å². The van der Waals surface area contributed by atoms with Crippen molar-refractivity contribution in [3.63, 3.8) is 0 Å². The van der Waals surface area contributed by atoms with Gasteiger partial charge in [-0.3, -0.25) is 9.59 Å². The van der Waals surface area contributed by atoms with Gasteiger partial charge in [0.2, 0.25) is 11.7 Å². The molecule has 160 valence electrons. The van der Waals surface area contributed by atoms with E-state index in [9.17, 15) is 18.4 Å². The summed E-state index contributed by atoms with van der Waals surface area (Å²) in [6.45, 7) is 3.85. The second-order valence-corrected chi connectivity index (χ2v) is 7.80. The van der Waals surface area contributed by atoms with E-state index < -0.39 is 17.2 Å². The molecular formula is C21H23F2N3O4. The van der Waals surface area contributed by atoms with Crippen LogP contribution < -0.4 is 0 Å². The Labute approximate surface area is 172 Å². The van der Waals surface area contributed by atoms with Gasteiger partial charge in [-0.05, 0) is 25.8 Å². The molecule has 3 heterocycles. The second kappa shape index (κ2) is 8.14. The molecule has 30 heavy (non-hydrogen) atoms. The Kier molecular flexibility index (Phi) is 5.55. The molecule has 0 aliphatic carbocycles. The highest BCUT2D eigenvalue weighted by Crippen LogP contribution is 2.31. The quantitative estimate of drug-likeness (QED) is 0.763. The van der Waals surface area contributed by atoms with Gasteiger partial charge >= 0.3 is 0 Å². The molecule has 2 amide bonds. The lowest BCUT2D eigenvalue weighted by atomic mass is 9.89. The molecule has 7 nitrogen and oxygen atoms in total. The monoisotopic (exact) mass is 419 g/mol. The van der Waals surface area contributed by atoms with Gasteiger partial charge in [0.1, 0.15) is 0 Å². The SMILES string of the molecule is Cc1ncoc1C(=O)N1CCOC2(CCN(C(=O)Cc3cccc(F)c3F)CC2)C1. The molecule has 2 fully saturated rings. The molecule has 9 heteroatoms. The first-order valence-electron chi connectivity index (χ1n) is 9.92.